The Morgan fingerprint density at radius 1 is 1.53 bits per heavy atom. The normalized spacial score (nSPS) is 20.7. The lowest BCUT2D eigenvalue weighted by Crippen LogP contribution is -2.42. The van der Waals surface area contributed by atoms with E-state index in [1.54, 1.807) is 7.11 Å². The lowest BCUT2D eigenvalue weighted by molar-refractivity contribution is 0.187. The Balaban J connectivity index is 1.97. The van der Waals surface area contributed by atoms with E-state index in [1.807, 2.05) is 6.92 Å². The Morgan fingerprint density at radius 3 is 3.11 bits per heavy atom. The summed E-state index contributed by atoms with van der Waals surface area (Å²) in [5.41, 5.74) is 1.06. The van der Waals surface area contributed by atoms with Gasteiger partial charge in [-0.1, -0.05) is 6.92 Å². The molecule has 1 aromatic heterocycles. The van der Waals surface area contributed by atoms with E-state index in [1.165, 1.54) is 19.4 Å². The first-order valence-corrected chi connectivity index (χ1v) is 7.24. The van der Waals surface area contributed by atoms with Crippen LogP contribution in [0, 0.1) is 6.92 Å². The number of aromatic nitrogens is 2. The predicted octanol–water partition coefficient (Wildman–Crippen LogP) is 1.73. The zero-order valence-electron chi connectivity index (χ0n) is 12.4. The first-order chi connectivity index (χ1) is 9.22. The highest BCUT2D eigenvalue weighted by Crippen LogP contribution is 2.16. The number of methoxy groups -OCH3 is 1. The molecule has 0 aromatic carbocycles. The van der Waals surface area contributed by atoms with Gasteiger partial charge in [0.15, 0.2) is 0 Å². The Morgan fingerprint density at radius 2 is 2.37 bits per heavy atom. The highest BCUT2D eigenvalue weighted by atomic mass is 16.5. The first kappa shape index (κ1) is 14.3. The van der Waals surface area contributed by atoms with Crippen LogP contribution in [0.4, 0.5) is 5.95 Å². The molecule has 19 heavy (non-hydrogen) atoms. The van der Waals surface area contributed by atoms with Crippen molar-refractivity contribution in [2.75, 3.05) is 38.7 Å². The lowest BCUT2D eigenvalue weighted by Gasteiger charge is -2.32. The summed E-state index contributed by atoms with van der Waals surface area (Å²) >= 11 is 0. The van der Waals surface area contributed by atoms with Gasteiger partial charge in [-0.2, -0.15) is 0 Å². The molecule has 1 atom stereocenters. The Bertz CT molecular complexity index is 391. The third-order valence-electron chi connectivity index (χ3n) is 3.72. The summed E-state index contributed by atoms with van der Waals surface area (Å²) in [5, 5.41) is 3.60. The lowest BCUT2D eigenvalue weighted by atomic mass is 10.1. The number of piperidine rings is 1. The Kier molecular flexibility index (Phi) is 5.22. The van der Waals surface area contributed by atoms with Gasteiger partial charge in [0.2, 0.25) is 5.95 Å². The van der Waals surface area contributed by atoms with Crippen molar-refractivity contribution in [2.24, 2.45) is 0 Å². The van der Waals surface area contributed by atoms with E-state index in [0.29, 0.717) is 6.04 Å². The maximum atomic E-state index is 5.15. The van der Waals surface area contributed by atoms with E-state index in [4.69, 9.17) is 4.74 Å². The van der Waals surface area contributed by atoms with Crippen LogP contribution in [-0.4, -0.2) is 53.8 Å². The number of hydrogen-bond donors (Lipinski definition) is 1. The van der Waals surface area contributed by atoms with E-state index in [2.05, 4.69) is 32.9 Å². The number of nitrogens with zero attached hydrogens (tertiary/aromatic N) is 3. The summed E-state index contributed by atoms with van der Waals surface area (Å²) < 4.78 is 7.31. The molecule has 1 aliphatic heterocycles. The zero-order chi connectivity index (χ0) is 13.7. The third kappa shape index (κ3) is 3.94. The van der Waals surface area contributed by atoms with Gasteiger partial charge in [0.25, 0.3) is 0 Å². The molecule has 1 fully saturated rings. The molecular weight excluding hydrogens is 240 g/mol. The van der Waals surface area contributed by atoms with Crippen molar-refractivity contribution in [1.29, 1.82) is 0 Å². The molecule has 5 nitrogen and oxygen atoms in total. The summed E-state index contributed by atoms with van der Waals surface area (Å²) in [4.78, 5) is 7.08. The number of imidazole rings is 1. The van der Waals surface area contributed by atoms with Crippen LogP contribution in [-0.2, 0) is 11.3 Å². The largest absolute Gasteiger partial charge is 0.383 e. The number of likely N-dealkylation sites (N-methyl/N-ethyl adjacent to an activating group) is 1. The molecule has 1 aliphatic rings. The summed E-state index contributed by atoms with van der Waals surface area (Å²) in [6.45, 7) is 9.31. The first-order valence-electron chi connectivity index (χ1n) is 7.24. The van der Waals surface area contributed by atoms with Crippen LogP contribution in [0.3, 0.4) is 0 Å². The van der Waals surface area contributed by atoms with E-state index >= 15 is 0 Å². The number of rotatable bonds is 6. The molecule has 0 amide bonds. The molecule has 1 aromatic rings. The van der Waals surface area contributed by atoms with Crippen molar-refractivity contribution in [3.05, 3.63) is 11.9 Å². The van der Waals surface area contributed by atoms with Crippen molar-refractivity contribution in [1.82, 2.24) is 14.5 Å². The highest BCUT2D eigenvalue weighted by molar-refractivity contribution is 5.30. The smallest absolute Gasteiger partial charge is 0.203 e. The average Bonchev–Trinajstić information content (AvgIpc) is 2.76. The minimum absolute atomic E-state index is 0.511. The van der Waals surface area contributed by atoms with Crippen LogP contribution in [0.15, 0.2) is 6.20 Å². The monoisotopic (exact) mass is 266 g/mol. The zero-order valence-corrected chi connectivity index (χ0v) is 12.4. The molecule has 0 aliphatic carbocycles. The fourth-order valence-corrected chi connectivity index (χ4v) is 2.67. The van der Waals surface area contributed by atoms with Crippen LogP contribution >= 0.6 is 0 Å². The summed E-state index contributed by atoms with van der Waals surface area (Å²) in [7, 11) is 1.73. The van der Waals surface area contributed by atoms with Crippen molar-refractivity contribution >= 4 is 5.95 Å². The SMILES string of the molecule is CCN1CCCC(Nc2nc(C)cn2CCOC)C1. The molecule has 5 heteroatoms. The van der Waals surface area contributed by atoms with Gasteiger partial charge in [0.1, 0.15) is 0 Å². The quantitative estimate of drug-likeness (QED) is 0.851. The minimum atomic E-state index is 0.511. The second kappa shape index (κ2) is 6.91. The molecule has 0 bridgehead atoms. The molecule has 1 saturated heterocycles. The predicted molar refractivity (Wildman–Crippen MR) is 77.6 cm³/mol. The van der Waals surface area contributed by atoms with Crippen molar-refractivity contribution in [2.45, 2.75) is 39.3 Å². The number of likely N-dealkylation sites (tertiary alicyclic amines) is 1. The van der Waals surface area contributed by atoms with Crippen molar-refractivity contribution in [3.8, 4) is 0 Å². The van der Waals surface area contributed by atoms with Crippen LogP contribution in [0.2, 0.25) is 0 Å². The van der Waals surface area contributed by atoms with E-state index < -0.39 is 0 Å². The summed E-state index contributed by atoms with van der Waals surface area (Å²) in [6, 6.07) is 0.511. The van der Waals surface area contributed by atoms with Crippen LogP contribution in [0.1, 0.15) is 25.5 Å². The molecule has 1 N–H and O–H groups in total. The van der Waals surface area contributed by atoms with Crippen LogP contribution < -0.4 is 5.32 Å². The summed E-state index contributed by atoms with van der Waals surface area (Å²) in [5.74, 6) is 0.984. The van der Waals surface area contributed by atoms with E-state index in [-0.39, 0.29) is 0 Å². The highest BCUT2D eigenvalue weighted by Gasteiger charge is 2.20. The van der Waals surface area contributed by atoms with Crippen LogP contribution in [0.5, 0.6) is 0 Å². The molecule has 2 heterocycles. The van der Waals surface area contributed by atoms with Gasteiger partial charge in [0, 0.05) is 32.4 Å². The fraction of sp³-hybridized carbons (Fsp3) is 0.786. The standard InChI is InChI=1S/C14H26N4O/c1-4-17-7-5-6-13(11-17)16-14-15-12(2)10-18(14)8-9-19-3/h10,13H,4-9,11H2,1-3H3,(H,15,16). The maximum Gasteiger partial charge on any atom is 0.203 e. The second-order valence-electron chi connectivity index (χ2n) is 5.27. The van der Waals surface area contributed by atoms with Gasteiger partial charge in [0.05, 0.1) is 12.3 Å². The second-order valence-corrected chi connectivity index (χ2v) is 5.27. The van der Waals surface area contributed by atoms with Crippen molar-refractivity contribution in [3.63, 3.8) is 0 Å². The summed E-state index contributed by atoms with van der Waals surface area (Å²) in [6.07, 6.45) is 4.58. The topological polar surface area (TPSA) is 42.3 Å². The molecule has 0 saturated carbocycles. The van der Waals surface area contributed by atoms with E-state index in [0.717, 1.165) is 37.9 Å². The third-order valence-corrected chi connectivity index (χ3v) is 3.72. The maximum absolute atomic E-state index is 5.15. The van der Waals surface area contributed by atoms with Crippen molar-refractivity contribution < 1.29 is 4.74 Å². The average molecular weight is 266 g/mol. The van der Waals surface area contributed by atoms with Gasteiger partial charge in [-0.15, -0.1) is 0 Å². The fourth-order valence-electron chi connectivity index (χ4n) is 2.67. The Hall–Kier alpha value is -1.07. The molecule has 1 unspecified atom stereocenters. The minimum Gasteiger partial charge on any atom is -0.383 e. The Labute approximate surface area is 116 Å². The van der Waals surface area contributed by atoms with Crippen LogP contribution in [0.25, 0.3) is 0 Å². The number of ether oxygens (including phenoxy) is 1. The van der Waals surface area contributed by atoms with Gasteiger partial charge in [-0.05, 0) is 32.9 Å². The molecular formula is C14H26N4O. The van der Waals surface area contributed by atoms with Gasteiger partial charge in [-0.25, -0.2) is 4.98 Å². The number of aryl methyl sites for hydroxylation is 1. The number of nitrogens with one attached hydrogen (secondary N) is 1. The number of anilines is 1. The van der Waals surface area contributed by atoms with Gasteiger partial charge >= 0.3 is 0 Å². The van der Waals surface area contributed by atoms with Gasteiger partial charge in [-0.3, -0.25) is 0 Å². The van der Waals surface area contributed by atoms with E-state index in [9.17, 15) is 0 Å². The molecule has 108 valence electrons. The number of hydrogen-bond acceptors (Lipinski definition) is 4. The molecule has 0 spiro atoms. The van der Waals surface area contributed by atoms with Gasteiger partial charge < -0.3 is 19.5 Å². The molecule has 2 rings (SSSR count). The molecule has 0 radical (unpaired) electrons.